The molecule has 1 N–H and O–H groups in total. The molecule has 0 aliphatic rings. The number of amides is 1. The molecule has 0 radical (unpaired) electrons. The number of hydrogen-bond donors (Lipinski definition) is 1. The van der Waals surface area contributed by atoms with Gasteiger partial charge in [-0.2, -0.15) is 0 Å². The Morgan fingerprint density at radius 1 is 1.21 bits per heavy atom. The van der Waals surface area contributed by atoms with Crippen LogP contribution in [0.1, 0.15) is 43.5 Å². The van der Waals surface area contributed by atoms with Crippen molar-refractivity contribution in [3.63, 3.8) is 0 Å². The molecule has 1 aromatic heterocycles. The number of aromatic nitrogens is 1. The lowest BCUT2D eigenvalue weighted by Crippen LogP contribution is -2.28. The Morgan fingerprint density at radius 3 is 2.67 bits per heavy atom. The maximum absolute atomic E-state index is 12.1. The first-order valence-corrected chi connectivity index (χ1v) is 8.89. The van der Waals surface area contributed by atoms with E-state index in [9.17, 15) is 4.79 Å². The second-order valence-electron chi connectivity index (χ2n) is 6.35. The van der Waals surface area contributed by atoms with Crippen LogP contribution < -0.4 is 5.32 Å². The summed E-state index contributed by atoms with van der Waals surface area (Å²) in [4.78, 5) is 14.5. The molecule has 1 heterocycles. The number of nitrogens with zero attached hydrogens (tertiary/aromatic N) is 2. The van der Waals surface area contributed by atoms with Gasteiger partial charge in [0.25, 0.3) is 0 Å². The second kappa shape index (κ2) is 8.83. The molecule has 0 spiro atoms. The Labute approximate surface area is 144 Å². The first-order chi connectivity index (χ1) is 11.5. The van der Waals surface area contributed by atoms with Gasteiger partial charge < -0.3 is 14.7 Å². The summed E-state index contributed by atoms with van der Waals surface area (Å²) in [5.41, 5.74) is 3.71. The summed E-state index contributed by atoms with van der Waals surface area (Å²) in [5.74, 6) is 0.00667. The number of rotatable bonds is 9. The van der Waals surface area contributed by atoms with E-state index < -0.39 is 0 Å². The van der Waals surface area contributed by atoms with E-state index >= 15 is 0 Å². The summed E-state index contributed by atoms with van der Waals surface area (Å²) in [6.45, 7) is 12.4. The molecule has 0 fully saturated rings. The lowest BCUT2D eigenvalue weighted by atomic mass is 10.1. The van der Waals surface area contributed by atoms with Crippen molar-refractivity contribution >= 4 is 16.9 Å². The highest BCUT2D eigenvalue weighted by molar-refractivity contribution is 5.88. The zero-order valence-corrected chi connectivity index (χ0v) is 15.3. The molecule has 0 aliphatic heterocycles. The molecular formula is C19H29N3O2. The molecule has 0 bridgehead atoms. The van der Waals surface area contributed by atoms with Gasteiger partial charge in [-0.15, -0.1) is 0 Å². The summed E-state index contributed by atoms with van der Waals surface area (Å²) in [6.07, 6.45) is 2.37. The van der Waals surface area contributed by atoms with Crippen LogP contribution in [0.4, 0.5) is 0 Å². The van der Waals surface area contributed by atoms with Crippen LogP contribution in [0.25, 0.3) is 11.0 Å². The number of hydrogen-bond acceptors (Lipinski definition) is 4. The van der Waals surface area contributed by atoms with Gasteiger partial charge in [0.1, 0.15) is 5.69 Å². The average molecular weight is 331 g/mol. The molecule has 1 aromatic carbocycles. The van der Waals surface area contributed by atoms with Crippen LogP contribution in [0, 0.1) is 13.8 Å². The third-order valence-corrected chi connectivity index (χ3v) is 4.42. The molecule has 0 atom stereocenters. The Morgan fingerprint density at radius 2 is 1.96 bits per heavy atom. The predicted octanol–water partition coefficient (Wildman–Crippen LogP) is 3.23. The molecule has 2 rings (SSSR count). The van der Waals surface area contributed by atoms with E-state index in [2.05, 4.69) is 35.3 Å². The van der Waals surface area contributed by atoms with Gasteiger partial charge in [-0.3, -0.25) is 4.79 Å². The fourth-order valence-corrected chi connectivity index (χ4v) is 3.01. The monoisotopic (exact) mass is 331 g/mol. The fourth-order valence-electron chi connectivity index (χ4n) is 3.01. The number of carbonyl (C=O) groups excluding carboxylic acids is 1. The molecule has 0 aliphatic carbocycles. The normalized spacial score (nSPS) is 11.4. The number of benzene rings is 1. The van der Waals surface area contributed by atoms with Crippen molar-refractivity contribution in [3.8, 4) is 0 Å². The van der Waals surface area contributed by atoms with E-state index in [4.69, 9.17) is 4.52 Å². The van der Waals surface area contributed by atoms with E-state index in [0.29, 0.717) is 6.54 Å². The third kappa shape index (κ3) is 4.81. The SMILES string of the molecule is CCN(CC)CCCCNC(=O)Cc1noc2c(C)cc(C)cc12. The third-order valence-electron chi connectivity index (χ3n) is 4.42. The standard InChI is InChI=1S/C19H29N3O2/c1-5-22(6-2)10-8-7-9-20-18(23)13-17-16-12-14(3)11-15(4)19(16)24-21-17/h11-12H,5-10,13H2,1-4H3,(H,20,23). The maximum Gasteiger partial charge on any atom is 0.226 e. The fraction of sp³-hybridized carbons (Fsp3) is 0.579. The summed E-state index contributed by atoms with van der Waals surface area (Å²) < 4.78 is 5.39. The predicted molar refractivity (Wildman–Crippen MR) is 97.2 cm³/mol. The van der Waals surface area contributed by atoms with E-state index in [0.717, 1.165) is 60.3 Å². The zero-order chi connectivity index (χ0) is 17.5. The summed E-state index contributed by atoms with van der Waals surface area (Å²) in [7, 11) is 0. The van der Waals surface area contributed by atoms with Crippen LogP contribution >= 0.6 is 0 Å². The number of fused-ring (bicyclic) bond motifs is 1. The molecule has 0 saturated carbocycles. The molecule has 24 heavy (non-hydrogen) atoms. The van der Waals surface area contributed by atoms with E-state index in [1.807, 2.05) is 19.9 Å². The maximum atomic E-state index is 12.1. The van der Waals surface area contributed by atoms with Crippen LogP contribution in [0.15, 0.2) is 16.7 Å². The Hall–Kier alpha value is -1.88. The zero-order valence-electron chi connectivity index (χ0n) is 15.3. The van der Waals surface area contributed by atoms with Gasteiger partial charge in [-0.25, -0.2) is 0 Å². The van der Waals surface area contributed by atoms with Crippen LogP contribution in [-0.4, -0.2) is 42.1 Å². The lowest BCUT2D eigenvalue weighted by Gasteiger charge is -2.17. The molecule has 5 heteroatoms. The lowest BCUT2D eigenvalue weighted by molar-refractivity contribution is -0.120. The number of nitrogens with one attached hydrogen (secondary N) is 1. The topological polar surface area (TPSA) is 58.4 Å². The largest absolute Gasteiger partial charge is 0.356 e. The Kier molecular flexibility index (Phi) is 6.79. The Bertz CT molecular complexity index is 675. The average Bonchev–Trinajstić information content (AvgIpc) is 2.94. The minimum Gasteiger partial charge on any atom is -0.356 e. The van der Waals surface area contributed by atoms with Crippen molar-refractivity contribution in [1.82, 2.24) is 15.4 Å². The van der Waals surface area contributed by atoms with Crippen molar-refractivity contribution in [1.29, 1.82) is 0 Å². The molecule has 1 amide bonds. The quantitative estimate of drug-likeness (QED) is 0.717. The van der Waals surface area contributed by atoms with E-state index in [1.165, 1.54) is 0 Å². The van der Waals surface area contributed by atoms with E-state index in [1.54, 1.807) is 0 Å². The molecule has 0 saturated heterocycles. The highest BCUT2D eigenvalue weighted by Gasteiger charge is 2.14. The highest BCUT2D eigenvalue weighted by atomic mass is 16.5. The van der Waals surface area contributed by atoms with Crippen LogP contribution in [0.5, 0.6) is 0 Å². The summed E-state index contributed by atoms with van der Waals surface area (Å²) in [6, 6.07) is 4.10. The Balaban J connectivity index is 1.81. The van der Waals surface area contributed by atoms with Gasteiger partial charge in [0.15, 0.2) is 5.58 Å². The molecule has 0 unspecified atom stereocenters. The van der Waals surface area contributed by atoms with Gasteiger partial charge >= 0.3 is 0 Å². The van der Waals surface area contributed by atoms with E-state index in [-0.39, 0.29) is 12.3 Å². The van der Waals surface area contributed by atoms with Gasteiger partial charge in [-0.05, 0) is 63.5 Å². The smallest absolute Gasteiger partial charge is 0.226 e. The molecule has 5 nitrogen and oxygen atoms in total. The first-order valence-electron chi connectivity index (χ1n) is 8.89. The highest BCUT2D eigenvalue weighted by Crippen LogP contribution is 2.24. The number of carbonyl (C=O) groups is 1. The van der Waals surface area contributed by atoms with Gasteiger partial charge in [0.05, 0.1) is 6.42 Å². The van der Waals surface area contributed by atoms with Crippen molar-refractivity contribution < 1.29 is 9.32 Å². The van der Waals surface area contributed by atoms with Crippen LogP contribution in [-0.2, 0) is 11.2 Å². The van der Waals surface area contributed by atoms with Gasteiger partial charge in [0.2, 0.25) is 5.91 Å². The number of unbranched alkanes of at least 4 members (excludes halogenated alkanes) is 1. The van der Waals surface area contributed by atoms with Crippen molar-refractivity contribution in [3.05, 3.63) is 29.0 Å². The first kappa shape index (κ1) is 18.5. The second-order valence-corrected chi connectivity index (χ2v) is 6.35. The summed E-state index contributed by atoms with van der Waals surface area (Å²) in [5, 5.41) is 8.02. The van der Waals surface area contributed by atoms with Crippen LogP contribution in [0.2, 0.25) is 0 Å². The molecule has 2 aromatic rings. The minimum absolute atomic E-state index is 0.00667. The molecular weight excluding hydrogens is 302 g/mol. The van der Waals surface area contributed by atoms with Gasteiger partial charge in [0, 0.05) is 11.9 Å². The summed E-state index contributed by atoms with van der Waals surface area (Å²) >= 11 is 0. The van der Waals surface area contributed by atoms with Crippen molar-refractivity contribution in [2.24, 2.45) is 0 Å². The molecule has 132 valence electrons. The number of aryl methyl sites for hydroxylation is 2. The van der Waals surface area contributed by atoms with Crippen molar-refractivity contribution in [2.75, 3.05) is 26.2 Å². The van der Waals surface area contributed by atoms with Crippen LogP contribution in [0.3, 0.4) is 0 Å². The van der Waals surface area contributed by atoms with Gasteiger partial charge in [-0.1, -0.05) is 25.1 Å². The minimum atomic E-state index is 0.00667. The van der Waals surface area contributed by atoms with Crippen molar-refractivity contribution in [2.45, 2.75) is 47.0 Å².